The Hall–Kier alpha value is -2.96. The Morgan fingerprint density at radius 3 is 2.59 bits per heavy atom. The Morgan fingerprint density at radius 2 is 1.80 bits per heavy atom. The number of nitrogens with zero attached hydrogens (tertiary/aromatic N) is 5. The minimum atomic E-state index is -0.294. The second-order valence-corrected chi connectivity index (χ2v) is 11.5. The molecule has 2 aromatic carbocycles. The summed E-state index contributed by atoms with van der Waals surface area (Å²) in [7, 11) is 0. The number of unbranched alkanes of at least 4 members (excludes halogenated alkanes) is 2. The van der Waals surface area contributed by atoms with Crippen LogP contribution in [0.25, 0.3) is 17.2 Å². The number of amides is 2. The van der Waals surface area contributed by atoms with Gasteiger partial charge in [-0.2, -0.15) is 5.21 Å². The molecule has 13 heteroatoms. The minimum absolute atomic E-state index is 0.269. The Balaban J connectivity index is 1.29. The molecule has 2 aliphatic rings. The van der Waals surface area contributed by atoms with Gasteiger partial charge >= 0.3 is 0 Å². The molecule has 0 atom stereocenters. The molecule has 1 N–H and O–H groups in total. The Morgan fingerprint density at radius 1 is 1.00 bits per heavy atom. The van der Waals surface area contributed by atoms with Gasteiger partial charge in [0.05, 0.1) is 28.2 Å². The maximum absolute atomic E-state index is 13.2. The molecule has 216 valence electrons. The number of tetrazole rings is 1. The average molecular weight is 618 g/mol. The standard InChI is InChI=1S/C28H30Cl2N6O4S/c29-22-7-5-20(17-23(22)30)19-6-8-24(40-15-12-35-10-13-39-14-11-35)21(16-19)18-25-27(37)36(28(38)41-25)9-3-1-2-4-26-31-33-34-32-26/h5-8,16-18H,1-4,9-15H2,(H,31,32,33,34). The predicted molar refractivity (Wildman–Crippen MR) is 159 cm³/mol. The van der Waals surface area contributed by atoms with Crippen LogP contribution < -0.4 is 4.74 Å². The third-order valence-corrected chi connectivity index (χ3v) is 8.51. The zero-order chi connectivity index (χ0) is 28.6. The van der Waals surface area contributed by atoms with Crippen LogP contribution in [-0.2, 0) is 16.0 Å². The van der Waals surface area contributed by atoms with E-state index in [0.29, 0.717) is 58.1 Å². The molecule has 3 aromatic rings. The number of halogens is 2. The number of hydrogen-bond donors (Lipinski definition) is 1. The number of aryl methyl sites for hydroxylation is 1. The molecule has 3 heterocycles. The summed E-state index contributed by atoms with van der Waals surface area (Å²) < 4.78 is 11.6. The highest BCUT2D eigenvalue weighted by molar-refractivity contribution is 8.18. The summed E-state index contributed by atoms with van der Waals surface area (Å²) in [6.45, 7) is 4.80. The SMILES string of the molecule is O=C1SC(=Cc2cc(-c3ccc(Cl)c(Cl)c3)ccc2OCCN2CCOCC2)C(=O)N1CCCCCc1nn[nH]n1. The molecule has 0 bridgehead atoms. The van der Waals surface area contributed by atoms with Crippen LogP contribution in [0.3, 0.4) is 0 Å². The molecule has 41 heavy (non-hydrogen) atoms. The predicted octanol–water partition coefficient (Wildman–Crippen LogP) is 5.33. The van der Waals surface area contributed by atoms with Crippen LogP contribution in [0.5, 0.6) is 5.75 Å². The number of aromatic amines is 1. The molecule has 0 aliphatic carbocycles. The number of imide groups is 1. The number of thioether (sulfide) groups is 1. The van der Waals surface area contributed by atoms with Crippen LogP contribution in [0, 0.1) is 0 Å². The number of ether oxygens (including phenoxy) is 2. The van der Waals surface area contributed by atoms with Crippen LogP contribution >= 0.6 is 35.0 Å². The summed E-state index contributed by atoms with van der Waals surface area (Å²) in [5.74, 6) is 0.998. The van der Waals surface area contributed by atoms with Crippen LogP contribution in [0.4, 0.5) is 4.79 Å². The van der Waals surface area contributed by atoms with Crippen molar-refractivity contribution in [3.8, 4) is 16.9 Å². The number of benzene rings is 2. The van der Waals surface area contributed by atoms with Crippen molar-refractivity contribution >= 4 is 52.2 Å². The van der Waals surface area contributed by atoms with Crippen molar-refractivity contribution in [1.29, 1.82) is 0 Å². The third-order valence-electron chi connectivity index (χ3n) is 6.86. The number of aromatic nitrogens is 4. The fraction of sp³-hybridized carbons (Fsp3) is 0.393. The average Bonchev–Trinajstić information content (AvgIpc) is 3.59. The molecule has 1 aromatic heterocycles. The Bertz CT molecular complexity index is 1400. The monoisotopic (exact) mass is 616 g/mol. The van der Waals surface area contributed by atoms with E-state index in [1.807, 2.05) is 24.3 Å². The van der Waals surface area contributed by atoms with Crippen molar-refractivity contribution < 1.29 is 19.1 Å². The lowest BCUT2D eigenvalue weighted by atomic mass is 10.0. The first-order valence-electron chi connectivity index (χ1n) is 13.5. The molecule has 0 radical (unpaired) electrons. The number of nitrogens with one attached hydrogen (secondary N) is 1. The number of rotatable bonds is 12. The molecule has 2 saturated heterocycles. The fourth-order valence-corrected chi connectivity index (χ4v) is 5.76. The van der Waals surface area contributed by atoms with E-state index in [-0.39, 0.29) is 11.1 Å². The van der Waals surface area contributed by atoms with Gasteiger partial charge in [-0.15, -0.1) is 10.2 Å². The zero-order valence-corrected chi connectivity index (χ0v) is 24.7. The van der Waals surface area contributed by atoms with E-state index in [1.54, 1.807) is 18.2 Å². The first kappa shape index (κ1) is 29.5. The van der Waals surface area contributed by atoms with Gasteiger partial charge in [-0.05, 0) is 66.1 Å². The summed E-state index contributed by atoms with van der Waals surface area (Å²) in [6, 6.07) is 11.2. The van der Waals surface area contributed by atoms with Gasteiger partial charge in [0.15, 0.2) is 5.82 Å². The molecule has 2 fully saturated rings. The van der Waals surface area contributed by atoms with E-state index in [2.05, 4.69) is 25.5 Å². The van der Waals surface area contributed by atoms with E-state index < -0.39 is 0 Å². The van der Waals surface area contributed by atoms with Gasteiger partial charge in [-0.1, -0.05) is 47.0 Å². The molecule has 0 unspecified atom stereocenters. The number of morpholine rings is 1. The number of H-pyrrole nitrogens is 1. The smallest absolute Gasteiger partial charge is 0.293 e. The van der Waals surface area contributed by atoms with Crippen molar-refractivity contribution in [3.05, 3.63) is 62.7 Å². The number of hydrogen-bond acceptors (Lipinski definition) is 9. The van der Waals surface area contributed by atoms with Gasteiger partial charge in [-0.3, -0.25) is 19.4 Å². The molecule has 2 amide bonds. The molecule has 0 spiro atoms. The maximum atomic E-state index is 13.2. The topological polar surface area (TPSA) is 114 Å². The lowest BCUT2D eigenvalue weighted by molar-refractivity contribution is -0.122. The Labute approximate surface area is 252 Å². The number of carbonyl (C=O) groups excluding carboxylic acids is 2. The lowest BCUT2D eigenvalue weighted by Gasteiger charge is -2.26. The van der Waals surface area contributed by atoms with Crippen LogP contribution in [-0.4, -0.2) is 87.6 Å². The normalized spacial score (nSPS) is 17.1. The van der Waals surface area contributed by atoms with E-state index in [9.17, 15) is 9.59 Å². The number of carbonyl (C=O) groups is 2. The van der Waals surface area contributed by atoms with Gasteiger partial charge < -0.3 is 9.47 Å². The third kappa shape index (κ3) is 7.87. The molecule has 10 nitrogen and oxygen atoms in total. The van der Waals surface area contributed by atoms with Crippen molar-refractivity contribution in [2.75, 3.05) is 46.0 Å². The summed E-state index contributed by atoms with van der Waals surface area (Å²) in [6.07, 6.45) is 4.82. The van der Waals surface area contributed by atoms with Crippen LogP contribution in [0.1, 0.15) is 30.7 Å². The van der Waals surface area contributed by atoms with Gasteiger partial charge in [-0.25, -0.2) is 0 Å². The van der Waals surface area contributed by atoms with Crippen molar-refractivity contribution in [2.24, 2.45) is 0 Å². The van der Waals surface area contributed by atoms with Crippen LogP contribution in [0.15, 0.2) is 41.3 Å². The second kappa shape index (κ2) is 14.3. The molecule has 2 aliphatic heterocycles. The van der Waals surface area contributed by atoms with E-state index in [1.165, 1.54) is 4.90 Å². The highest BCUT2D eigenvalue weighted by Crippen LogP contribution is 2.36. The van der Waals surface area contributed by atoms with Crippen molar-refractivity contribution in [3.63, 3.8) is 0 Å². The minimum Gasteiger partial charge on any atom is -0.492 e. The van der Waals surface area contributed by atoms with Crippen molar-refractivity contribution in [2.45, 2.75) is 25.7 Å². The summed E-state index contributed by atoms with van der Waals surface area (Å²) in [5.41, 5.74) is 2.47. The molecule has 5 rings (SSSR count). The Kier molecular flexibility index (Phi) is 10.3. The first-order valence-corrected chi connectivity index (χ1v) is 15.1. The summed E-state index contributed by atoms with van der Waals surface area (Å²) in [4.78, 5) is 29.9. The lowest BCUT2D eigenvalue weighted by Crippen LogP contribution is -2.38. The second-order valence-electron chi connectivity index (χ2n) is 9.66. The summed E-state index contributed by atoms with van der Waals surface area (Å²) in [5, 5.41) is 14.5. The summed E-state index contributed by atoms with van der Waals surface area (Å²) >= 11 is 13.3. The van der Waals surface area contributed by atoms with E-state index in [4.69, 9.17) is 32.7 Å². The highest BCUT2D eigenvalue weighted by Gasteiger charge is 2.34. The maximum Gasteiger partial charge on any atom is 0.293 e. The van der Waals surface area contributed by atoms with Gasteiger partial charge in [0, 0.05) is 38.2 Å². The van der Waals surface area contributed by atoms with Gasteiger partial charge in [0.2, 0.25) is 0 Å². The molecule has 0 saturated carbocycles. The fourth-order valence-electron chi connectivity index (χ4n) is 4.61. The molecular formula is C28H30Cl2N6O4S. The largest absolute Gasteiger partial charge is 0.492 e. The zero-order valence-electron chi connectivity index (χ0n) is 22.4. The highest BCUT2D eigenvalue weighted by atomic mass is 35.5. The van der Waals surface area contributed by atoms with E-state index >= 15 is 0 Å². The van der Waals surface area contributed by atoms with Crippen molar-refractivity contribution in [1.82, 2.24) is 30.4 Å². The van der Waals surface area contributed by atoms with E-state index in [0.717, 1.165) is 68.6 Å². The van der Waals surface area contributed by atoms with Crippen LogP contribution in [0.2, 0.25) is 10.0 Å². The van der Waals surface area contributed by atoms with Gasteiger partial charge in [0.1, 0.15) is 12.4 Å². The molecular weight excluding hydrogens is 587 g/mol. The van der Waals surface area contributed by atoms with Gasteiger partial charge in [0.25, 0.3) is 11.1 Å². The quantitative estimate of drug-likeness (QED) is 0.213. The first-order chi connectivity index (χ1) is 20.0.